The van der Waals surface area contributed by atoms with E-state index < -0.39 is 0 Å². The van der Waals surface area contributed by atoms with Crippen LogP contribution in [0.25, 0.3) is 0 Å². The van der Waals surface area contributed by atoms with Crippen LogP contribution in [0.5, 0.6) is 0 Å². The maximum Gasteiger partial charge on any atom is 0.253 e. The number of carbonyl (C=O) groups excluding carboxylic acids is 1. The van der Waals surface area contributed by atoms with Crippen molar-refractivity contribution in [1.82, 2.24) is 4.90 Å². The van der Waals surface area contributed by atoms with E-state index in [0.717, 1.165) is 5.56 Å². The largest absolute Gasteiger partial charge is 0.337 e. The number of amides is 1. The number of hydrogen-bond donors (Lipinski definition) is 0. The molecule has 0 spiro atoms. The van der Waals surface area contributed by atoms with Gasteiger partial charge in [0.2, 0.25) is 0 Å². The maximum absolute atomic E-state index is 12.3. The predicted molar refractivity (Wildman–Crippen MR) is 86.4 cm³/mol. The Balaban J connectivity index is 2.11. The minimum absolute atomic E-state index is 0.0580. The van der Waals surface area contributed by atoms with Crippen LogP contribution in [-0.2, 0) is 6.54 Å². The molecule has 0 bridgehead atoms. The maximum atomic E-state index is 12.3. The Morgan fingerprint density at radius 2 is 1.80 bits per heavy atom. The van der Waals surface area contributed by atoms with Crippen LogP contribution in [0, 0.1) is 0 Å². The first-order valence-electron chi connectivity index (χ1n) is 5.92. The first-order chi connectivity index (χ1) is 9.47. The van der Waals surface area contributed by atoms with Crippen LogP contribution in [0.3, 0.4) is 0 Å². The van der Waals surface area contributed by atoms with Gasteiger partial charge < -0.3 is 4.90 Å². The summed E-state index contributed by atoms with van der Waals surface area (Å²) >= 11 is 15.1. The molecular formula is C15H12BrCl2NO. The van der Waals surface area contributed by atoms with E-state index in [9.17, 15) is 4.79 Å². The zero-order chi connectivity index (χ0) is 14.7. The van der Waals surface area contributed by atoms with Crippen molar-refractivity contribution in [3.05, 3.63) is 68.1 Å². The molecule has 0 N–H and O–H groups in total. The highest BCUT2D eigenvalue weighted by Gasteiger charge is 2.13. The molecule has 0 radical (unpaired) electrons. The molecule has 0 unspecified atom stereocenters. The summed E-state index contributed by atoms with van der Waals surface area (Å²) in [5, 5.41) is 1.27. The Bertz CT molecular complexity index is 628. The number of benzene rings is 2. The zero-order valence-corrected chi connectivity index (χ0v) is 13.8. The van der Waals surface area contributed by atoms with Gasteiger partial charge in [-0.15, -0.1) is 0 Å². The predicted octanol–water partition coefficient (Wildman–Crippen LogP) is 5.03. The van der Waals surface area contributed by atoms with E-state index in [4.69, 9.17) is 23.2 Å². The van der Waals surface area contributed by atoms with Crippen LogP contribution in [0.2, 0.25) is 10.0 Å². The van der Waals surface area contributed by atoms with Crippen LogP contribution in [0.15, 0.2) is 46.9 Å². The molecule has 0 aliphatic heterocycles. The van der Waals surface area contributed by atoms with Crippen molar-refractivity contribution >= 4 is 45.0 Å². The molecule has 104 valence electrons. The van der Waals surface area contributed by atoms with Gasteiger partial charge in [-0.3, -0.25) is 4.79 Å². The highest BCUT2D eigenvalue weighted by Crippen LogP contribution is 2.24. The first kappa shape index (κ1) is 15.4. The van der Waals surface area contributed by atoms with Crippen molar-refractivity contribution in [3.8, 4) is 0 Å². The van der Waals surface area contributed by atoms with Crippen molar-refractivity contribution in [2.45, 2.75) is 6.54 Å². The standard InChI is InChI=1S/C15H12BrCl2NO/c1-19(9-10-2-5-12(17)6-3-10)15(20)11-4-7-14(18)13(16)8-11/h2-8H,9H2,1H3. The summed E-state index contributed by atoms with van der Waals surface area (Å²) in [5.41, 5.74) is 1.62. The highest BCUT2D eigenvalue weighted by molar-refractivity contribution is 9.10. The number of nitrogens with zero attached hydrogens (tertiary/aromatic N) is 1. The molecule has 0 heterocycles. The SMILES string of the molecule is CN(Cc1ccc(Cl)cc1)C(=O)c1ccc(Cl)c(Br)c1. The monoisotopic (exact) mass is 371 g/mol. The van der Waals surface area contributed by atoms with Gasteiger partial charge in [-0.1, -0.05) is 35.3 Å². The second kappa shape index (κ2) is 6.61. The van der Waals surface area contributed by atoms with E-state index in [1.54, 1.807) is 30.1 Å². The minimum Gasteiger partial charge on any atom is -0.337 e. The lowest BCUT2D eigenvalue weighted by Gasteiger charge is -2.17. The van der Waals surface area contributed by atoms with E-state index >= 15 is 0 Å². The third kappa shape index (κ3) is 3.75. The van der Waals surface area contributed by atoms with Crippen LogP contribution in [-0.4, -0.2) is 17.9 Å². The van der Waals surface area contributed by atoms with Gasteiger partial charge in [0, 0.05) is 28.7 Å². The molecule has 2 rings (SSSR count). The van der Waals surface area contributed by atoms with E-state index in [0.29, 0.717) is 26.6 Å². The van der Waals surface area contributed by atoms with Crippen LogP contribution in [0.4, 0.5) is 0 Å². The summed E-state index contributed by atoms with van der Waals surface area (Å²) in [7, 11) is 1.76. The van der Waals surface area contributed by atoms with Crippen molar-refractivity contribution < 1.29 is 4.79 Å². The summed E-state index contributed by atoms with van der Waals surface area (Å²) in [6.07, 6.45) is 0. The molecule has 0 saturated heterocycles. The van der Waals surface area contributed by atoms with E-state index in [2.05, 4.69) is 15.9 Å². The van der Waals surface area contributed by atoms with Gasteiger partial charge in [0.15, 0.2) is 0 Å². The second-order valence-corrected chi connectivity index (χ2v) is 6.11. The van der Waals surface area contributed by atoms with Gasteiger partial charge in [-0.2, -0.15) is 0 Å². The van der Waals surface area contributed by atoms with Gasteiger partial charge >= 0.3 is 0 Å². The Hall–Kier alpha value is -1.03. The molecule has 0 fully saturated rings. The quantitative estimate of drug-likeness (QED) is 0.739. The summed E-state index contributed by atoms with van der Waals surface area (Å²) in [5.74, 6) is -0.0580. The lowest BCUT2D eigenvalue weighted by Crippen LogP contribution is -2.26. The molecule has 1 amide bonds. The average Bonchev–Trinajstić information content (AvgIpc) is 2.43. The minimum atomic E-state index is -0.0580. The van der Waals surface area contributed by atoms with Gasteiger partial charge in [0.25, 0.3) is 5.91 Å². The van der Waals surface area contributed by atoms with Crippen molar-refractivity contribution in [1.29, 1.82) is 0 Å². The lowest BCUT2D eigenvalue weighted by atomic mass is 10.1. The lowest BCUT2D eigenvalue weighted by molar-refractivity contribution is 0.0785. The fourth-order valence-corrected chi connectivity index (χ4v) is 2.41. The van der Waals surface area contributed by atoms with Crippen LogP contribution < -0.4 is 0 Å². The van der Waals surface area contributed by atoms with Gasteiger partial charge in [-0.25, -0.2) is 0 Å². The molecule has 2 aromatic carbocycles. The smallest absolute Gasteiger partial charge is 0.253 e. The van der Waals surface area contributed by atoms with Gasteiger partial charge in [0.1, 0.15) is 0 Å². The average molecular weight is 373 g/mol. The van der Waals surface area contributed by atoms with Gasteiger partial charge in [0.05, 0.1) is 5.02 Å². The molecule has 5 heteroatoms. The van der Waals surface area contributed by atoms with Crippen LogP contribution >= 0.6 is 39.1 Å². The molecule has 0 saturated carbocycles. The molecule has 2 aromatic rings. The number of halogens is 3. The van der Waals surface area contributed by atoms with E-state index in [1.807, 2.05) is 24.3 Å². The van der Waals surface area contributed by atoms with Crippen molar-refractivity contribution in [2.75, 3.05) is 7.05 Å². The number of carbonyl (C=O) groups is 1. The number of rotatable bonds is 3. The van der Waals surface area contributed by atoms with Crippen LogP contribution in [0.1, 0.15) is 15.9 Å². The second-order valence-electron chi connectivity index (χ2n) is 4.42. The number of hydrogen-bond acceptors (Lipinski definition) is 1. The first-order valence-corrected chi connectivity index (χ1v) is 7.47. The Morgan fingerprint density at radius 1 is 1.15 bits per heavy atom. The summed E-state index contributed by atoms with van der Waals surface area (Å²) in [4.78, 5) is 14.0. The summed E-state index contributed by atoms with van der Waals surface area (Å²) in [6, 6.07) is 12.6. The fourth-order valence-electron chi connectivity index (χ4n) is 1.79. The molecular weight excluding hydrogens is 361 g/mol. The Morgan fingerprint density at radius 3 is 2.40 bits per heavy atom. The van der Waals surface area contributed by atoms with Crippen molar-refractivity contribution in [3.63, 3.8) is 0 Å². The van der Waals surface area contributed by atoms with E-state index in [1.165, 1.54) is 0 Å². The van der Waals surface area contributed by atoms with E-state index in [-0.39, 0.29) is 5.91 Å². The topological polar surface area (TPSA) is 20.3 Å². The normalized spacial score (nSPS) is 10.4. The third-order valence-corrected chi connectivity index (χ3v) is 4.31. The Labute approximate surface area is 136 Å². The zero-order valence-electron chi connectivity index (χ0n) is 10.7. The molecule has 0 aliphatic carbocycles. The molecule has 0 aliphatic rings. The molecule has 2 nitrogen and oxygen atoms in total. The Kier molecular flexibility index (Phi) is 5.08. The van der Waals surface area contributed by atoms with Gasteiger partial charge in [-0.05, 0) is 51.8 Å². The highest BCUT2D eigenvalue weighted by atomic mass is 79.9. The molecule has 20 heavy (non-hydrogen) atoms. The molecule has 0 aromatic heterocycles. The summed E-state index contributed by atoms with van der Waals surface area (Å²) in [6.45, 7) is 0.524. The molecule has 0 atom stereocenters. The third-order valence-electron chi connectivity index (χ3n) is 2.85. The fraction of sp³-hybridized carbons (Fsp3) is 0.133. The van der Waals surface area contributed by atoms with Crippen molar-refractivity contribution in [2.24, 2.45) is 0 Å². The summed E-state index contributed by atoms with van der Waals surface area (Å²) < 4.78 is 0.713.